The quantitative estimate of drug-likeness (QED) is 0.556. The maximum atomic E-state index is 12.5. The molecular formula is C23H21N3O4S. The Kier molecular flexibility index (Phi) is 7.51. The van der Waals surface area contributed by atoms with Crippen LogP contribution in [0.15, 0.2) is 78.0 Å². The zero-order valence-electron chi connectivity index (χ0n) is 16.8. The summed E-state index contributed by atoms with van der Waals surface area (Å²) in [6, 6.07) is 16.5. The Bertz CT molecular complexity index is 1180. The molecule has 0 spiro atoms. The molecule has 0 aliphatic heterocycles. The first-order valence-corrected chi connectivity index (χ1v) is 10.8. The van der Waals surface area contributed by atoms with Crippen molar-refractivity contribution in [2.24, 2.45) is 0 Å². The van der Waals surface area contributed by atoms with Gasteiger partial charge in [0.05, 0.1) is 16.8 Å². The number of carbonyl (C=O) groups is 1. The number of benzene rings is 2. The van der Waals surface area contributed by atoms with Gasteiger partial charge in [-0.15, -0.1) is 0 Å². The molecule has 2 aromatic carbocycles. The smallest absolute Gasteiger partial charge is 0.255 e. The van der Waals surface area contributed by atoms with Gasteiger partial charge in [0, 0.05) is 31.0 Å². The molecule has 158 valence electrons. The summed E-state index contributed by atoms with van der Waals surface area (Å²) in [5, 5.41) is 2.75. The lowest BCUT2D eigenvalue weighted by Gasteiger charge is -2.08. The van der Waals surface area contributed by atoms with Crippen LogP contribution in [0.3, 0.4) is 0 Å². The lowest BCUT2D eigenvalue weighted by molar-refractivity contribution is 0.102. The van der Waals surface area contributed by atoms with Crippen LogP contribution in [0.5, 0.6) is 0 Å². The molecule has 0 radical (unpaired) electrons. The van der Waals surface area contributed by atoms with Crippen LogP contribution < -0.4 is 10.0 Å². The highest BCUT2D eigenvalue weighted by molar-refractivity contribution is 7.89. The molecule has 8 heteroatoms. The van der Waals surface area contributed by atoms with E-state index >= 15 is 0 Å². The van der Waals surface area contributed by atoms with Gasteiger partial charge >= 0.3 is 0 Å². The monoisotopic (exact) mass is 435 g/mol. The molecule has 0 aliphatic rings. The predicted molar refractivity (Wildman–Crippen MR) is 118 cm³/mol. The minimum Gasteiger partial charge on any atom is -0.372 e. The number of aromatic nitrogens is 1. The zero-order chi connectivity index (χ0) is 22.1. The van der Waals surface area contributed by atoms with Gasteiger partial charge in [-0.3, -0.25) is 9.78 Å². The van der Waals surface area contributed by atoms with Gasteiger partial charge in [-0.2, -0.15) is 0 Å². The van der Waals surface area contributed by atoms with Crippen LogP contribution in [0.25, 0.3) is 0 Å². The summed E-state index contributed by atoms with van der Waals surface area (Å²) in [5.41, 5.74) is 2.49. The third-order valence-corrected chi connectivity index (χ3v) is 5.63. The van der Waals surface area contributed by atoms with Gasteiger partial charge < -0.3 is 10.1 Å². The molecule has 0 aliphatic carbocycles. The van der Waals surface area contributed by atoms with Crippen LogP contribution in [-0.2, 0) is 21.3 Å². The standard InChI is InChI=1S/C23H21N3O4S/c1-30-15-3-4-18-8-12-22(13-9-18)31(28,29)25-16-19-6-10-20(11-7-19)23(27)26-21-5-2-14-24-17-21/h2,5-14,17,25H,15-16H2,1H3,(H,26,27). The molecule has 0 saturated carbocycles. The number of pyridine rings is 1. The van der Waals surface area contributed by atoms with Crippen molar-refractivity contribution in [2.75, 3.05) is 19.0 Å². The third kappa shape index (κ3) is 6.49. The lowest BCUT2D eigenvalue weighted by Crippen LogP contribution is -2.23. The van der Waals surface area contributed by atoms with Gasteiger partial charge in [0.2, 0.25) is 10.0 Å². The Morgan fingerprint density at radius 1 is 1.06 bits per heavy atom. The van der Waals surface area contributed by atoms with E-state index in [1.807, 2.05) is 0 Å². The molecule has 1 amide bonds. The molecule has 0 atom stereocenters. The number of amides is 1. The van der Waals surface area contributed by atoms with E-state index in [1.165, 1.54) is 12.1 Å². The lowest BCUT2D eigenvalue weighted by atomic mass is 10.1. The predicted octanol–water partition coefficient (Wildman–Crippen LogP) is 2.81. The first-order valence-electron chi connectivity index (χ1n) is 9.36. The highest BCUT2D eigenvalue weighted by atomic mass is 32.2. The van der Waals surface area contributed by atoms with Gasteiger partial charge in [-0.25, -0.2) is 13.1 Å². The summed E-state index contributed by atoms with van der Waals surface area (Å²) in [4.78, 5) is 16.4. The van der Waals surface area contributed by atoms with Crippen LogP contribution in [-0.4, -0.2) is 33.0 Å². The summed E-state index contributed by atoms with van der Waals surface area (Å²) in [7, 11) is -2.12. The highest BCUT2D eigenvalue weighted by Gasteiger charge is 2.13. The Hall–Kier alpha value is -3.51. The first-order chi connectivity index (χ1) is 15.0. The van der Waals surface area contributed by atoms with Crippen molar-refractivity contribution in [1.82, 2.24) is 9.71 Å². The SMILES string of the molecule is COCC#Cc1ccc(S(=O)(=O)NCc2ccc(C(=O)Nc3cccnc3)cc2)cc1. The maximum absolute atomic E-state index is 12.5. The molecule has 0 saturated heterocycles. The van der Waals surface area contributed by atoms with Crippen molar-refractivity contribution in [1.29, 1.82) is 0 Å². The van der Waals surface area contributed by atoms with E-state index in [0.717, 1.165) is 5.56 Å². The number of anilines is 1. The Balaban J connectivity index is 1.59. The van der Waals surface area contributed by atoms with Crippen molar-refractivity contribution < 1.29 is 17.9 Å². The van der Waals surface area contributed by atoms with Crippen molar-refractivity contribution >= 4 is 21.6 Å². The second-order valence-corrected chi connectivity index (χ2v) is 8.24. The zero-order valence-corrected chi connectivity index (χ0v) is 17.6. The van der Waals surface area contributed by atoms with E-state index in [0.29, 0.717) is 23.4 Å². The number of hydrogen-bond donors (Lipinski definition) is 2. The van der Waals surface area contributed by atoms with Crippen molar-refractivity contribution in [3.05, 3.63) is 89.7 Å². The molecule has 1 heterocycles. The van der Waals surface area contributed by atoms with Crippen molar-refractivity contribution in [3.8, 4) is 11.8 Å². The van der Waals surface area contributed by atoms with E-state index in [2.05, 4.69) is 26.9 Å². The number of hydrogen-bond acceptors (Lipinski definition) is 5. The topological polar surface area (TPSA) is 97.4 Å². The van der Waals surface area contributed by atoms with Gasteiger partial charge in [0.25, 0.3) is 5.91 Å². The summed E-state index contributed by atoms with van der Waals surface area (Å²) in [6.45, 7) is 0.410. The molecule has 0 fully saturated rings. The third-order valence-electron chi connectivity index (χ3n) is 4.22. The largest absolute Gasteiger partial charge is 0.372 e. The second-order valence-electron chi connectivity index (χ2n) is 6.48. The van der Waals surface area contributed by atoms with E-state index in [1.54, 1.807) is 68.0 Å². The second kappa shape index (κ2) is 10.5. The summed E-state index contributed by atoms with van der Waals surface area (Å²) in [5.74, 6) is 5.43. The maximum Gasteiger partial charge on any atom is 0.255 e. The van der Waals surface area contributed by atoms with Gasteiger partial charge in [0.1, 0.15) is 6.61 Å². The van der Waals surface area contributed by atoms with Gasteiger partial charge in [-0.1, -0.05) is 24.0 Å². The summed E-state index contributed by atoms with van der Waals surface area (Å²) in [6.07, 6.45) is 3.18. The van der Waals surface area contributed by atoms with Crippen LogP contribution >= 0.6 is 0 Å². The van der Waals surface area contributed by atoms with Crippen molar-refractivity contribution in [2.45, 2.75) is 11.4 Å². The van der Waals surface area contributed by atoms with E-state index < -0.39 is 10.0 Å². The number of rotatable bonds is 7. The Morgan fingerprint density at radius 3 is 2.45 bits per heavy atom. The highest BCUT2D eigenvalue weighted by Crippen LogP contribution is 2.12. The molecule has 3 rings (SSSR count). The first kappa shape index (κ1) is 22.2. The van der Waals surface area contributed by atoms with E-state index in [9.17, 15) is 13.2 Å². The van der Waals surface area contributed by atoms with Crippen LogP contribution in [0.1, 0.15) is 21.5 Å². The van der Waals surface area contributed by atoms with Gasteiger partial charge in [0.15, 0.2) is 0 Å². The molecule has 31 heavy (non-hydrogen) atoms. The summed E-state index contributed by atoms with van der Waals surface area (Å²) >= 11 is 0. The van der Waals surface area contributed by atoms with Crippen LogP contribution in [0, 0.1) is 11.8 Å². The van der Waals surface area contributed by atoms with Crippen LogP contribution in [0.4, 0.5) is 5.69 Å². The molecule has 0 unspecified atom stereocenters. The van der Waals surface area contributed by atoms with Crippen LogP contribution in [0.2, 0.25) is 0 Å². The molecule has 1 aromatic heterocycles. The fraction of sp³-hybridized carbons (Fsp3) is 0.130. The molecule has 7 nitrogen and oxygen atoms in total. The number of carbonyl (C=O) groups excluding carboxylic acids is 1. The van der Waals surface area contributed by atoms with Crippen molar-refractivity contribution in [3.63, 3.8) is 0 Å². The average Bonchev–Trinajstić information content (AvgIpc) is 2.79. The number of sulfonamides is 1. The van der Waals surface area contributed by atoms with E-state index in [-0.39, 0.29) is 17.3 Å². The normalized spacial score (nSPS) is 10.7. The Labute approximate surface area is 181 Å². The fourth-order valence-electron chi connectivity index (χ4n) is 2.60. The fourth-order valence-corrected chi connectivity index (χ4v) is 3.62. The molecule has 0 bridgehead atoms. The van der Waals surface area contributed by atoms with E-state index in [4.69, 9.17) is 4.74 Å². The minimum atomic E-state index is -3.68. The summed E-state index contributed by atoms with van der Waals surface area (Å²) < 4.78 is 32.5. The molecule has 3 aromatic rings. The number of nitrogens with one attached hydrogen (secondary N) is 2. The average molecular weight is 436 g/mol. The number of nitrogens with zero attached hydrogens (tertiary/aromatic N) is 1. The van der Waals surface area contributed by atoms with Gasteiger partial charge in [-0.05, 0) is 54.1 Å². The minimum absolute atomic E-state index is 0.0994. The number of methoxy groups -OCH3 is 1. The molecule has 2 N–H and O–H groups in total. The molecular weight excluding hydrogens is 414 g/mol. The number of ether oxygens (including phenoxy) is 1. The Morgan fingerprint density at radius 2 is 1.81 bits per heavy atom.